The number of rotatable bonds is 18. The van der Waals surface area contributed by atoms with Gasteiger partial charge in [0.05, 0.1) is 44.0 Å². The molecule has 1 fully saturated rings. The Morgan fingerprint density at radius 1 is 1.04 bits per heavy atom. The number of hydrogen-bond acceptors (Lipinski definition) is 11. The average Bonchev–Trinajstić information content (AvgIpc) is 3.08. The highest BCUT2D eigenvalue weighted by molar-refractivity contribution is 5.80. The number of carbonyl (C=O) groups is 2. The third-order valence-corrected chi connectivity index (χ3v) is 8.82. The largest absolute Gasteiger partial charge is 0.497 e. The van der Waals surface area contributed by atoms with Gasteiger partial charge in [-0.1, -0.05) is 24.6 Å². The number of likely N-dealkylation sites (tertiary alicyclic amines) is 1. The van der Waals surface area contributed by atoms with Crippen LogP contribution < -0.4 is 19.7 Å². The molecule has 0 aliphatic carbocycles. The number of nitrogens with one attached hydrogen (secondary N) is 1. The predicted octanol–water partition coefficient (Wildman–Crippen LogP) is 3.91. The molecule has 0 spiro atoms. The Morgan fingerprint density at radius 3 is 2.57 bits per heavy atom. The number of carbonyl (C=O) groups excluding carboxylic acids is 2. The van der Waals surface area contributed by atoms with Crippen molar-refractivity contribution in [3.8, 4) is 11.5 Å². The van der Waals surface area contributed by atoms with Crippen molar-refractivity contribution in [2.75, 3.05) is 65.6 Å². The summed E-state index contributed by atoms with van der Waals surface area (Å²) in [6.45, 7) is 3.84. The number of ether oxygens (including phenoxy) is 4. The zero-order valence-corrected chi connectivity index (χ0v) is 27.8. The lowest BCUT2D eigenvalue weighted by Crippen LogP contribution is -2.53. The third-order valence-electron chi connectivity index (χ3n) is 8.82. The van der Waals surface area contributed by atoms with Crippen LogP contribution in [0, 0.1) is 0 Å². The molecular formula is C34H50N4O9. The van der Waals surface area contributed by atoms with Gasteiger partial charge in [0.25, 0.3) is 0 Å². The molecule has 13 nitrogen and oxygen atoms in total. The minimum Gasteiger partial charge on any atom is -0.497 e. The van der Waals surface area contributed by atoms with Crippen molar-refractivity contribution in [3.05, 3.63) is 53.6 Å². The lowest BCUT2D eigenvalue weighted by molar-refractivity contribution is -0.492. The van der Waals surface area contributed by atoms with E-state index >= 15 is 0 Å². The Hall–Kier alpha value is -3.46. The highest BCUT2D eigenvalue weighted by Gasteiger charge is 2.40. The van der Waals surface area contributed by atoms with E-state index in [1.54, 1.807) is 21.3 Å². The monoisotopic (exact) mass is 658 g/mol. The summed E-state index contributed by atoms with van der Waals surface area (Å²) in [7, 11) is 4.95. The van der Waals surface area contributed by atoms with Crippen molar-refractivity contribution in [1.29, 1.82) is 0 Å². The highest BCUT2D eigenvalue weighted by atomic mass is 17.1. The molecule has 0 radical (unpaired) electrons. The lowest BCUT2D eigenvalue weighted by atomic mass is 9.81. The van der Waals surface area contributed by atoms with Gasteiger partial charge in [-0.15, -0.1) is 0 Å². The van der Waals surface area contributed by atoms with E-state index < -0.39 is 0 Å². The molecule has 2 aromatic carbocycles. The Balaban J connectivity index is 1.52. The van der Waals surface area contributed by atoms with Gasteiger partial charge in [-0.05, 0) is 61.1 Å². The van der Waals surface area contributed by atoms with Gasteiger partial charge in [-0.25, -0.2) is 0 Å². The van der Waals surface area contributed by atoms with E-state index in [1.165, 1.54) is 0 Å². The standard InChI is InChI=1S/C34H50N4O9/c1-35-33(39)22-27-21-29(26-10-12-28(44-3)13-11-26)32(23-37(27)34(40)8-5-4-6-18-47-38(41)42)46-24-25-9-14-31-30(20-25)36(16-19-45-31)15-7-17-43-2/h9-14,20,27,29,32,41-42H,4-8,15-19,21-24H2,1-3H3,(H,35,39). The maximum atomic E-state index is 13.6. The number of fused-ring (bicyclic) bond motifs is 1. The van der Waals surface area contributed by atoms with Gasteiger partial charge in [-0.2, -0.15) is 0 Å². The van der Waals surface area contributed by atoms with E-state index in [4.69, 9.17) is 29.4 Å². The molecule has 2 heterocycles. The van der Waals surface area contributed by atoms with E-state index in [2.05, 4.69) is 21.1 Å². The van der Waals surface area contributed by atoms with E-state index in [0.29, 0.717) is 58.5 Å². The number of methoxy groups -OCH3 is 2. The second kappa shape index (κ2) is 18.8. The van der Waals surface area contributed by atoms with Crippen molar-refractivity contribution < 1.29 is 43.8 Å². The molecular weight excluding hydrogens is 608 g/mol. The first-order chi connectivity index (χ1) is 22.8. The maximum absolute atomic E-state index is 13.6. The third kappa shape index (κ3) is 10.8. The van der Waals surface area contributed by atoms with Crippen LogP contribution in [0.3, 0.4) is 0 Å². The van der Waals surface area contributed by atoms with Gasteiger partial charge in [0, 0.05) is 58.7 Å². The van der Waals surface area contributed by atoms with Crippen LogP contribution >= 0.6 is 0 Å². The molecule has 1 saturated heterocycles. The van der Waals surface area contributed by atoms with Crippen molar-refractivity contribution >= 4 is 17.5 Å². The fourth-order valence-corrected chi connectivity index (χ4v) is 6.32. The first kappa shape index (κ1) is 36.4. The quantitative estimate of drug-likeness (QED) is 0.159. The molecule has 0 bridgehead atoms. The molecule has 2 aliphatic heterocycles. The number of anilines is 1. The van der Waals surface area contributed by atoms with Gasteiger partial charge in [0.15, 0.2) is 0 Å². The second-order valence-corrected chi connectivity index (χ2v) is 11.9. The van der Waals surface area contributed by atoms with Crippen LogP contribution in [0.4, 0.5) is 5.69 Å². The van der Waals surface area contributed by atoms with E-state index in [-0.39, 0.29) is 48.3 Å². The van der Waals surface area contributed by atoms with Crippen molar-refractivity contribution in [3.63, 3.8) is 0 Å². The van der Waals surface area contributed by atoms with Crippen LogP contribution in [0.5, 0.6) is 11.5 Å². The summed E-state index contributed by atoms with van der Waals surface area (Å²) in [6, 6.07) is 13.8. The summed E-state index contributed by atoms with van der Waals surface area (Å²) in [5.74, 6) is 1.40. The van der Waals surface area contributed by atoms with E-state index in [1.807, 2.05) is 41.3 Å². The van der Waals surface area contributed by atoms with E-state index in [9.17, 15) is 9.59 Å². The fraction of sp³-hybridized carbons (Fsp3) is 0.588. The van der Waals surface area contributed by atoms with Gasteiger partial charge >= 0.3 is 0 Å². The highest BCUT2D eigenvalue weighted by Crippen LogP contribution is 2.38. The molecule has 13 heteroatoms. The minimum absolute atomic E-state index is 0.0369. The Labute approximate surface area is 277 Å². The summed E-state index contributed by atoms with van der Waals surface area (Å²) in [5.41, 5.74) is 3.12. The van der Waals surface area contributed by atoms with Crippen LogP contribution in [0.25, 0.3) is 0 Å². The number of unbranched alkanes of at least 4 members (excludes halogenated alkanes) is 2. The molecule has 0 saturated carbocycles. The first-order valence-corrected chi connectivity index (χ1v) is 16.4. The molecule has 3 atom stereocenters. The first-order valence-electron chi connectivity index (χ1n) is 16.4. The minimum atomic E-state index is -0.313. The Kier molecular flexibility index (Phi) is 14.5. The topological polar surface area (TPSA) is 142 Å². The Morgan fingerprint density at radius 2 is 1.85 bits per heavy atom. The van der Waals surface area contributed by atoms with Crippen molar-refractivity contribution in [1.82, 2.24) is 15.6 Å². The summed E-state index contributed by atoms with van der Waals surface area (Å²) >= 11 is 0. The lowest BCUT2D eigenvalue weighted by Gasteiger charge is -2.44. The molecule has 2 aliphatic rings. The SMILES string of the molecule is CNC(=O)CC1CC(c2ccc(OC)cc2)C(OCc2ccc3c(c2)N(CCCOC)CCO3)CN1C(=O)CCCCCON(O)O. The number of hydrogen-bond donors (Lipinski definition) is 3. The second-order valence-electron chi connectivity index (χ2n) is 11.9. The maximum Gasteiger partial charge on any atom is 0.222 e. The molecule has 3 N–H and O–H groups in total. The summed E-state index contributed by atoms with van der Waals surface area (Å²) < 4.78 is 23.3. The van der Waals surface area contributed by atoms with Gasteiger partial charge in [0.1, 0.15) is 18.1 Å². The number of piperidine rings is 1. The molecule has 260 valence electrons. The van der Waals surface area contributed by atoms with Gasteiger partial charge in [0.2, 0.25) is 11.8 Å². The summed E-state index contributed by atoms with van der Waals surface area (Å²) in [4.78, 5) is 35.0. The number of nitrogens with zero attached hydrogens (tertiary/aromatic N) is 3. The zero-order chi connectivity index (χ0) is 33.6. The van der Waals surface area contributed by atoms with Crippen LogP contribution in [0.15, 0.2) is 42.5 Å². The molecule has 47 heavy (non-hydrogen) atoms. The zero-order valence-electron chi connectivity index (χ0n) is 27.8. The Bertz CT molecular complexity index is 1260. The van der Waals surface area contributed by atoms with E-state index in [0.717, 1.165) is 47.8 Å². The molecule has 2 amide bonds. The molecule has 3 unspecified atom stereocenters. The van der Waals surface area contributed by atoms with Gasteiger partial charge in [-0.3, -0.25) is 24.8 Å². The smallest absolute Gasteiger partial charge is 0.222 e. The summed E-state index contributed by atoms with van der Waals surface area (Å²) in [5, 5.41) is 19.8. The normalized spacial score (nSPS) is 19.3. The van der Waals surface area contributed by atoms with Crippen molar-refractivity contribution in [2.24, 2.45) is 0 Å². The van der Waals surface area contributed by atoms with Crippen LogP contribution in [0.2, 0.25) is 0 Å². The van der Waals surface area contributed by atoms with Crippen LogP contribution in [-0.4, -0.2) is 105 Å². The summed E-state index contributed by atoms with van der Waals surface area (Å²) in [6.07, 6.45) is 3.51. The number of benzene rings is 2. The molecule has 4 rings (SSSR count). The fourth-order valence-electron chi connectivity index (χ4n) is 6.32. The van der Waals surface area contributed by atoms with Gasteiger partial charge < -0.3 is 34.1 Å². The predicted molar refractivity (Wildman–Crippen MR) is 174 cm³/mol. The average molecular weight is 659 g/mol. The van der Waals surface area contributed by atoms with Crippen LogP contribution in [0.1, 0.15) is 62.0 Å². The molecule has 2 aromatic rings. The number of amides is 2. The molecule has 0 aromatic heterocycles. The van der Waals surface area contributed by atoms with Crippen LogP contribution in [-0.2, 0) is 30.5 Å². The van der Waals surface area contributed by atoms with Crippen molar-refractivity contribution in [2.45, 2.75) is 69.6 Å².